The minimum atomic E-state index is 0.319. The number of benzene rings is 9. The summed E-state index contributed by atoms with van der Waals surface area (Å²) in [6, 6.07) is 77.5. The second-order valence-corrected chi connectivity index (χ2v) is 17.1. The third kappa shape index (κ3) is 6.90. The van der Waals surface area contributed by atoms with E-state index in [0.29, 0.717) is 61.7 Å². The number of rotatable bonds is 7. The van der Waals surface area contributed by atoms with Crippen molar-refractivity contribution in [2.75, 3.05) is 0 Å². The molecule has 0 bridgehead atoms. The molecule has 0 N–H and O–H groups in total. The molecular weight excluding hydrogens is 857 g/mol. The largest absolute Gasteiger partial charge is 0.309 e. The molecule has 0 aliphatic heterocycles. The van der Waals surface area contributed by atoms with Crippen molar-refractivity contribution < 1.29 is 0 Å². The SMILES string of the molecule is N#Cc1cccc(-c2cc(-c3cc(C#N)c(-c4ccc(-c5ccc(-n6c7ccccc7c7cc(-n8c9ccccc9c9ccccc98)ccc76)cc5)cc4)c(C#N)c3)nc(-c3cccc(C#N)c3)n2)c1. The fraction of sp³-hybridized carbons (Fsp3) is 0. The highest BCUT2D eigenvalue weighted by Crippen LogP contribution is 2.39. The zero-order chi connectivity index (χ0) is 47.3. The van der Waals surface area contributed by atoms with E-state index >= 15 is 0 Å². The van der Waals surface area contributed by atoms with Crippen LogP contribution in [0.1, 0.15) is 22.3 Å². The predicted molar refractivity (Wildman–Crippen MR) is 277 cm³/mol. The summed E-state index contributed by atoms with van der Waals surface area (Å²) in [6.07, 6.45) is 0. The van der Waals surface area contributed by atoms with Crippen LogP contribution in [0.4, 0.5) is 0 Å². The molecule has 0 atom stereocenters. The van der Waals surface area contributed by atoms with Crippen LogP contribution in [0.25, 0.3) is 111 Å². The molecule has 12 aromatic rings. The quantitative estimate of drug-likeness (QED) is 0.157. The second-order valence-electron chi connectivity index (χ2n) is 17.1. The van der Waals surface area contributed by atoms with Crippen molar-refractivity contribution in [3.8, 4) is 91.8 Å². The molecule has 12 rings (SSSR count). The van der Waals surface area contributed by atoms with Crippen molar-refractivity contribution in [3.63, 3.8) is 0 Å². The summed E-state index contributed by atoms with van der Waals surface area (Å²) in [5.74, 6) is 0.358. The Morgan fingerprint density at radius 1 is 0.314 bits per heavy atom. The molecule has 0 fully saturated rings. The highest BCUT2D eigenvalue weighted by Gasteiger charge is 2.20. The molecule has 9 aromatic carbocycles. The lowest BCUT2D eigenvalue weighted by atomic mass is 9.91. The normalized spacial score (nSPS) is 11.1. The Hall–Kier alpha value is -10.4. The molecule has 0 saturated heterocycles. The van der Waals surface area contributed by atoms with Gasteiger partial charge >= 0.3 is 0 Å². The van der Waals surface area contributed by atoms with Crippen molar-refractivity contribution >= 4 is 43.6 Å². The summed E-state index contributed by atoms with van der Waals surface area (Å²) in [5.41, 5.74) is 14.5. The van der Waals surface area contributed by atoms with Crippen molar-refractivity contribution in [2.45, 2.75) is 0 Å². The first kappa shape index (κ1) is 41.1. The smallest absolute Gasteiger partial charge is 0.160 e. The number of hydrogen-bond donors (Lipinski definition) is 0. The van der Waals surface area contributed by atoms with Crippen LogP contribution >= 0.6 is 0 Å². The van der Waals surface area contributed by atoms with E-state index in [1.54, 1.807) is 54.6 Å². The average molecular weight is 891 g/mol. The highest BCUT2D eigenvalue weighted by atomic mass is 15.0. The summed E-state index contributed by atoms with van der Waals surface area (Å²) in [7, 11) is 0. The molecule has 0 aliphatic carbocycles. The number of nitriles is 4. The summed E-state index contributed by atoms with van der Waals surface area (Å²) in [5, 5.41) is 45.3. The predicted octanol–water partition coefficient (Wildman–Crippen LogP) is 14.5. The highest BCUT2D eigenvalue weighted by molar-refractivity contribution is 6.12. The van der Waals surface area contributed by atoms with Gasteiger partial charge in [-0.2, -0.15) is 21.0 Å². The number of nitrogens with zero attached hydrogens (tertiary/aromatic N) is 8. The molecule has 70 heavy (non-hydrogen) atoms. The van der Waals surface area contributed by atoms with Gasteiger partial charge in [-0.05, 0) is 108 Å². The van der Waals surface area contributed by atoms with Crippen molar-refractivity contribution in [1.82, 2.24) is 19.1 Å². The summed E-state index contributed by atoms with van der Waals surface area (Å²) >= 11 is 0. The Balaban J connectivity index is 0.882. The molecule has 0 amide bonds. The maximum absolute atomic E-state index is 10.6. The van der Waals surface area contributed by atoms with E-state index in [0.717, 1.165) is 39.1 Å². The van der Waals surface area contributed by atoms with Crippen LogP contribution in [0.3, 0.4) is 0 Å². The number of para-hydroxylation sites is 3. The van der Waals surface area contributed by atoms with E-state index in [1.807, 2.05) is 36.4 Å². The van der Waals surface area contributed by atoms with Gasteiger partial charge in [0.15, 0.2) is 5.82 Å². The van der Waals surface area contributed by atoms with Gasteiger partial charge in [0.05, 0.1) is 80.0 Å². The van der Waals surface area contributed by atoms with E-state index in [1.165, 1.54) is 32.6 Å². The van der Waals surface area contributed by atoms with Gasteiger partial charge in [-0.1, -0.05) is 115 Å². The third-order valence-electron chi connectivity index (χ3n) is 13.1. The Labute approximate surface area is 402 Å². The molecule has 0 saturated carbocycles. The first-order valence-electron chi connectivity index (χ1n) is 22.6. The van der Waals surface area contributed by atoms with Crippen molar-refractivity contribution in [3.05, 3.63) is 229 Å². The molecule has 0 spiro atoms. The number of aromatic nitrogens is 4. The molecule has 0 unspecified atom stereocenters. The summed E-state index contributed by atoms with van der Waals surface area (Å²) < 4.78 is 4.68. The maximum atomic E-state index is 10.6. The first-order valence-corrected chi connectivity index (χ1v) is 22.6. The van der Waals surface area contributed by atoms with Crippen LogP contribution in [0.2, 0.25) is 0 Å². The Bertz CT molecular complexity index is 4120. The monoisotopic (exact) mass is 890 g/mol. The van der Waals surface area contributed by atoms with Crippen molar-refractivity contribution in [2.24, 2.45) is 0 Å². The minimum Gasteiger partial charge on any atom is -0.309 e. The van der Waals surface area contributed by atoms with Gasteiger partial charge in [-0.25, -0.2) is 9.97 Å². The van der Waals surface area contributed by atoms with Crippen LogP contribution in [0.5, 0.6) is 0 Å². The second kappa shape index (κ2) is 16.8. The van der Waals surface area contributed by atoms with Gasteiger partial charge in [-0.3, -0.25) is 0 Å². The van der Waals surface area contributed by atoms with Gasteiger partial charge < -0.3 is 9.13 Å². The lowest BCUT2D eigenvalue weighted by Crippen LogP contribution is -1.98. The van der Waals surface area contributed by atoms with Crippen LogP contribution in [0.15, 0.2) is 206 Å². The minimum absolute atomic E-state index is 0.319. The van der Waals surface area contributed by atoms with E-state index in [-0.39, 0.29) is 0 Å². The molecule has 0 radical (unpaired) electrons. The molecular formula is C62H34N8. The van der Waals surface area contributed by atoms with Gasteiger partial charge in [0.1, 0.15) is 0 Å². The number of fused-ring (bicyclic) bond motifs is 6. The molecule has 3 aromatic heterocycles. The fourth-order valence-corrected chi connectivity index (χ4v) is 9.84. The zero-order valence-corrected chi connectivity index (χ0v) is 37.2. The van der Waals surface area contributed by atoms with Crippen LogP contribution < -0.4 is 0 Å². The topological polar surface area (TPSA) is 131 Å². The van der Waals surface area contributed by atoms with Gasteiger partial charge in [0.2, 0.25) is 0 Å². The Kier molecular flexibility index (Phi) is 9.86. The maximum Gasteiger partial charge on any atom is 0.160 e. The Morgan fingerprint density at radius 3 is 1.34 bits per heavy atom. The lowest BCUT2D eigenvalue weighted by molar-refractivity contribution is 1.17. The van der Waals surface area contributed by atoms with Crippen LogP contribution in [-0.4, -0.2) is 19.1 Å². The van der Waals surface area contributed by atoms with Gasteiger partial charge in [-0.15, -0.1) is 0 Å². The molecule has 0 aliphatic rings. The average Bonchev–Trinajstić information content (AvgIpc) is 3.95. The van der Waals surface area contributed by atoms with E-state index < -0.39 is 0 Å². The van der Waals surface area contributed by atoms with Crippen LogP contribution in [0, 0.1) is 45.3 Å². The summed E-state index contributed by atoms with van der Waals surface area (Å²) in [6.45, 7) is 0. The van der Waals surface area contributed by atoms with E-state index in [4.69, 9.17) is 9.97 Å². The zero-order valence-electron chi connectivity index (χ0n) is 37.2. The first-order chi connectivity index (χ1) is 34.5. The van der Waals surface area contributed by atoms with Gasteiger partial charge in [0.25, 0.3) is 0 Å². The van der Waals surface area contributed by atoms with E-state index in [9.17, 15) is 21.0 Å². The molecule has 8 heteroatoms. The lowest BCUT2D eigenvalue weighted by Gasteiger charge is -2.13. The summed E-state index contributed by atoms with van der Waals surface area (Å²) in [4.78, 5) is 9.73. The standard InChI is InChI=1S/C62H34N8/c63-35-39-9-7-11-44(29-39)55-34-56(68-62(67-55)45-12-8-10-40(30-45)36-64)46-31-47(37-65)61(48(32-46)38-66)43-21-19-41(20-22-43)42-23-25-49(26-24-42)69-59-18-6-3-15-53(59)54-33-50(27-28-60(54)69)70-57-16-4-1-13-51(57)52-14-2-5-17-58(52)70/h1-34H. The van der Waals surface area contributed by atoms with Crippen molar-refractivity contribution in [1.29, 1.82) is 21.0 Å². The van der Waals surface area contributed by atoms with Gasteiger partial charge in [0, 0.05) is 55.2 Å². The Morgan fingerprint density at radius 2 is 0.771 bits per heavy atom. The molecule has 3 heterocycles. The third-order valence-corrected chi connectivity index (χ3v) is 13.1. The fourth-order valence-electron chi connectivity index (χ4n) is 9.84. The molecule has 8 nitrogen and oxygen atoms in total. The van der Waals surface area contributed by atoms with E-state index in [2.05, 4.69) is 149 Å². The number of hydrogen-bond acceptors (Lipinski definition) is 6. The van der Waals surface area contributed by atoms with Crippen LogP contribution in [-0.2, 0) is 0 Å². The molecule has 322 valence electrons.